The summed E-state index contributed by atoms with van der Waals surface area (Å²) in [7, 11) is 0. The summed E-state index contributed by atoms with van der Waals surface area (Å²) in [5.41, 5.74) is 0.455. The van der Waals surface area contributed by atoms with Crippen molar-refractivity contribution in [1.29, 1.82) is 0 Å². The Morgan fingerprint density at radius 1 is 1.35 bits per heavy atom. The van der Waals surface area contributed by atoms with Gasteiger partial charge in [-0.05, 0) is 19.1 Å². The molecule has 0 saturated heterocycles. The molecule has 2 amide bonds. The van der Waals surface area contributed by atoms with Crippen molar-refractivity contribution in [1.82, 2.24) is 10.6 Å². The van der Waals surface area contributed by atoms with Gasteiger partial charge in [0, 0.05) is 35.8 Å². The number of carbonyl (C=O) groups excluding carboxylic acids is 2. The highest BCUT2D eigenvalue weighted by Gasteiger charge is 2.08. The Morgan fingerprint density at radius 3 is 2.75 bits per heavy atom. The normalized spacial score (nSPS) is 10.4. The van der Waals surface area contributed by atoms with E-state index in [4.69, 9.17) is 5.11 Å². The quantitative estimate of drug-likeness (QED) is 0.657. The molecule has 1 rings (SSSR count). The lowest BCUT2D eigenvalue weighted by Crippen LogP contribution is -2.30. The Labute approximate surface area is 120 Å². The van der Waals surface area contributed by atoms with Crippen molar-refractivity contribution in [3.8, 4) is 0 Å². The first-order chi connectivity index (χ1) is 9.52. The van der Waals surface area contributed by atoms with Crippen molar-refractivity contribution in [2.24, 2.45) is 0 Å². The molecule has 7 heteroatoms. The van der Waals surface area contributed by atoms with Gasteiger partial charge in [0.2, 0.25) is 5.91 Å². The lowest BCUT2D eigenvalue weighted by molar-refractivity contribution is -0.131. The van der Waals surface area contributed by atoms with Crippen LogP contribution in [-0.2, 0) is 9.59 Å². The first kappa shape index (κ1) is 15.9. The van der Waals surface area contributed by atoms with Gasteiger partial charge in [-0.2, -0.15) is 0 Å². The molecule has 0 spiro atoms. The first-order valence-electron chi connectivity index (χ1n) is 6.07. The van der Waals surface area contributed by atoms with Gasteiger partial charge >= 0.3 is 5.97 Å². The summed E-state index contributed by atoms with van der Waals surface area (Å²) >= 11 is 1.28. The van der Waals surface area contributed by atoms with Crippen molar-refractivity contribution in [3.05, 3.63) is 28.0 Å². The summed E-state index contributed by atoms with van der Waals surface area (Å²) in [5, 5.41) is 15.4. The van der Waals surface area contributed by atoms with E-state index in [2.05, 4.69) is 10.6 Å². The van der Waals surface area contributed by atoms with Crippen molar-refractivity contribution < 1.29 is 19.5 Å². The fraction of sp³-hybridized carbons (Fsp3) is 0.308. The molecule has 0 bridgehead atoms. The maximum atomic E-state index is 11.8. The van der Waals surface area contributed by atoms with E-state index >= 15 is 0 Å². The Balaban J connectivity index is 2.44. The van der Waals surface area contributed by atoms with Crippen LogP contribution in [0.2, 0.25) is 0 Å². The molecule has 20 heavy (non-hydrogen) atoms. The molecule has 0 fully saturated rings. The summed E-state index contributed by atoms with van der Waals surface area (Å²) in [6.07, 6.45) is 2.68. The highest BCUT2D eigenvalue weighted by atomic mass is 32.1. The van der Waals surface area contributed by atoms with E-state index < -0.39 is 5.97 Å². The van der Waals surface area contributed by atoms with E-state index in [1.54, 1.807) is 11.4 Å². The molecule has 108 valence electrons. The van der Waals surface area contributed by atoms with Crippen molar-refractivity contribution in [2.45, 2.75) is 13.3 Å². The van der Waals surface area contributed by atoms with Crippen LogP contribution in [0.25, 0.3) is 6.08 Å². The van der Waals surface area contributed by atoms with Gasteiger partial charge in [-0.1, -0.05) is 0 Å². The highest BCUT2D eigenvalue weighted by molar-refractivity contribution is 7.11. The van der Waals surface area contributed by atoms with Crippen molar-refractivity contribution in [2.75, 3.05) is 13.1 Å². The average molecular weight is 296 g/mol. The fourth-order valence-corrected chi connectivity index (χ4v) is 2.17. The van der Waals surface area contributed by atoms with Gasteiger partial charge in [0.15, 0.2) is 0 Å². The summed E-state index contributed by atoms with van der Waals surface area (Å²) in [5.74, 6) is -1.42. The second-order valence-electron chi connectivity index (χ2n) is 3.87. The van der Waals surface area contributed by atoms with Gasteiger partial charge in [0.1, 0.15) is 0 Å². The number of rotatable bonds is 7. The predicted molar refractivity (Wildman–Crippen MR) is 76.6 cm³/mol. The second kappa shape index (κ2) is 8.11. The summed E-state index contributed by atoms with van der Waals surface area (Å²) in [4.78, 5) is 34.0. The van der Waals surface area contributed by atoms with Crippen LogP contribution >= 0.6 is 11.3 Å². The summed E-state index contributed by atoms with van der Waals surface area (Å²) in [6, 6.07) is 1.60. The third-order valence-electron chi connectivity index (χ3n) is 2.28. The number of hydrogen-bond donors (Lipinski definition) is 3. The van der Waals surface area contributed by atoms with E-state index in [0.29, 0.717) is 17.0 Å². The predicted octanol–water partition coefficient (Wildman–Crippen LogP) is 1.10. The van der Waals surface area contributed by atoms with E-state index in [9.17, 15) is 14.4 Å². The zero-order chi connectivity index (χ0) is 15.0. The Kier molecular flexibility index (Phi) is 6.45. The molecule has 6 nitrogen and oxygen atoms in total. The van der Waals surface area contributed by atoms with Gasteiger partial charge in [0.25, 0.3) is 5.91 Å². The third-order valence-corrected chi connectivity index (χ3v) is 3.18. The largest absolute Gasteiger partial charge is 0.478 e. The minimum absolute atomic E-state index is 0.108. The van der Waals surface area contributed by atoms with Crippen LogP contribution in [0.15, 0.2) is 17.5 Å². The van der Waals surface area contributed by atoms with E-state index in [1.807, 2.05) is 6.92 Å². The number of carbonyl (C=O) groups is 3. The van der Waals surface area contributed by atoms with Gasteiger partial charge in [0.05, 0.1) is 5.56 Å². The van der Waals surface area contributed by atoms with E-state index in [0.717, 1.165) is 6.08 Å². The van der Waals surface area contributed by atoms with Crippen molar-refractivity contribution >= 4 is 35.2 Å². The summed E-state index contributed by atoms with van der Waals surface area (Å²) < 4.78 is 0. The first-order valence-corrected chi connectivity index (χ1v) is 6.95. The second-order valence-corrected chi connectivity index (χ2v) is 4.81. The smallest absolute Gasteiger partial charge is 0.328 e. The van der Waals surface area contributed by atoms with Crippen LogP contribution in [-0.4, -0.2) is 36.0 Å². The molecule has 1 aromatic heterocycles. The fourth-order valence-electron chi connectivity index (χ4n) is 1.39. The molecule has 0 aliphatic carbocycles. The monoisotopic (exact) mass is 296 g/mol. The average Bonchev–Trinajstić information content (AvgIpc) is 2.85. The van der Waals surface area contributed by atoms with Gasteiger partial charge in [-0.15, -0.1) is 11.3 Å². The zero-order valence-corrected chi connectivity index (χ0v) is 11.8. The molecular weight excluding hydrogens is 280 g/mol. The number of nitrogens with one attached hydrogen (secondary N) is 2. The maximum absolute atomic E-state index is 11.8. The number of amides is 2. The minimum atomic E-state index is -1.04. The number of aliphatic carboxylic acids is 1. The highest BCUT2D eigenvalue weighted by Crippen LogP contribution is 2.16. The lowest BCUT2D eigenvalue weighted by Gasteiger charge is -2.03. The Bertz CT molecular complexity index is 522. The molecule has 0 radical (unpaired) electrons. The summed E-state index contributed by atoms with van der Waals surface area (Å²) in [6.45, 7) is 2.66. The van der Waals surface area contributed by atoms with E-state index in [1.165, 1.54) is 17.4 Å². The molecule has 1 aromatic rings. The molecule has 0 unspecified atom stereocenters. The minimum Gasteiger partial charge on any atom is -0.478 e. The number of carboxylic acid groups (broad SMARTS) is 1. The third kappa shape index (κ3) is 5.66. The number of thiophene rings is 1. The van der Waals surface area contributed by atoms with Gasteiger partial charge in [-0.25, -0.2) is 4.79 Å². The SMILES string of the molecule is CCNC(=O)CCNC(=O)c1csc(/C=C/C(=O)O)c1. The van der Waals surface area contributed by atoms with Crippen LogP contribution < -0.4 is 10.6 Å². The topological polar surface area (TPSA) is 95.5 Å². The lowest BCUT2D eigenvalue weighted by atomic mass is 10.2. The molecular formula is C13H16N2O4S. The zero-order valence-electron chi connectivity index (χ0n) is 11.0. The van der Waals surface area contributed by atoms with Crippen molar-refractivity contribution in [3.63, 3.8) is 0 Å². The van der Waals surface area contributed by atoms with Crippen LogP contribution in [0.5, 0.6) is 0 Å². The molecule has 1 heterocycles. The molecule has 0 atom stereocenters. The Hall–Kier alpha value is -2.15. The number of carboxylic acids is 1. The molecule has 0 aliphatic heterocycles. The molecule has 0 saturated carbocycles. The van der Waals surface area contributed by atoms with Crippen LogP contribution in [0, 0.1) is 0 Å². The number of hydrogen-bond acceptors (Lipinski definition) is 4. The molecule has 0 aromatic carbocycles. The standard InChI is InChI=1S/C13H16N2O4S/c1-2-14-11(16)5-6-15-13(19)9-7-10(20-8-9)3-4-12(17)18/h3-4,7-8H,2,5-6H2,1H3,(H,14,16)(H,15,19)(H,17,18)/b4-3+. The van der Waals surface area contributed by atoms with Crippen LogP contribution in [0.4, 0.5) is 0 Å². The molecule has 0 aliphatic rings. The Morgan fingerprint density at radius 2 is 2.10 bits per heavy atom. The van der Waals surface area contributed by atoms with Gasteiger partial charge in [-0.3, -0.25) is 9.59 Å². The molecule has 3 N–H and O–H groups in total. The van der Waals surface area contributed by atoms with Crippen LogP contribution in [0.3, 0.4) is 0 Å². The van der Waals surface area contributed by atoms with Gasteiger partial charge < -0.3 is 15.7 Å². The maximum Gasteiger partial charge on any atom is 0.328 e. The van der Waals surface area contributed by atoms with E-state index in [-0.39, 0.29) is 24.8 Å². The van der Waals surface area contributed by atoms with Crippen LogP contribution in [0.1, 0.15) is 28.6 Å².